The smallest absolute Gasteiger partial charge is 0.325 e. The van der Waals surface area contributed by atoms with Gasteiger partial charge in [0.05, 0.1) is 0 Å². The third-order valence-electron chi connectivity index (χ3n) is 5.13. The fourth-order valence-electron chi connectivity index (χ4n) is 3.54. The van der Waals surface area contributed by atoms with Crippen molar-refractivity contribution in [1.82, 2.24) is 19.8 Å². The summed E-state index contributed by atoms with van der Waals surface area (Å²) in [5.41, 5.74) is 0.390. The zero-order valence-electron chi connectivity index (χ0n) is 16.1. The molecule has 2 heterocycles. The second-order valence-electron chi connectivity index (χ2n) is 7.54. The lowest BCUT2D eigenvalue weighted by atomic mass is 10.0. The van der Waals surface area contributed by atoms with Crippen molar-refractivity contribution in [3.8, 4) is 0 Å². The molecule has 1 fully saturated rings. The molecule has 0 bridgehead atoms. The van der Waals surface area contributed by atoms with Gasteiger partial charge in [-0.2, -0.15) is 0 Å². The number of H-pyrrole nitrogens is 2. The molecule has 1 aliphatic heterocycles. The predicted molar refractivity (Wildman–Crippen MR) is 103 cm³/mol. The number of benzene rings is 1. The topological polar surface area (TPSA) is 89.3 Å². The van der Waals surface area contributed by atoms with Crippen LogP contribution in [0.3, 0.4) is 0 Å². The van der Waals surface area contributed by atoms with Crippen molar-refractivity contribution in [3.63, 3.8) is 0 Å². The van der Waals surface area contributed by atoms with E-state index in [4.69, 9.17) is 0 Å². The van der Waals surface area contributed by atoms with Gasteiger partial charge in [-0.15, -0.1) is 0 Å². The molecule has 1 aliphatic rings. The van der Waals surface area contributed by atoms with Gasteiger partial charge in [-0.25, -0.2) is 9.18 Å². The van der Waals surface area contributed by atoms with Gasteiger partial charge in [-0.05, 0) is 23.6 Å². The lowest BCUT2D eigenvalue weighted by molar-refractivity contribution is -0.134. The lowest BCUT2D eigenvalue weighted by Gasteiger charge is -2.34. The summed E-state index contributed by atoms with van der Waals surface area (Å²) in [6, 6.07) is 6.15. The van der Waals surface area contributed by atoms with Gasteiger partial charge >= 0.3 is 5.69 Å². The first-order chi connectivity index (χ1) is 13.3. The van der Waals surface area contributed by atoms with E-state index in [0.717, 1.165) is 5.56 Å². The van der Waals surface area contributed by atoms with Crippen molar-refractivity contribution in [2.75, 3.05) is 13.1 Å². The van der Waals surface area contributed by atoms with Crippen LogP contribution in [0.25, 0.3) is 0 Å². The molecular weight excluding hydrogens is 363 g/mol. The summed E-state index contributed by atoms with van der Waals surface area (Å²) in [6.07, 6.45) is 1.76. The molecule has 8 heteroatoms. The van der Waals surface area contributed by atoms with Gasteiger partial charge in [0.15, 0.2) is 0 Å². The third-order valence-corrected chi connectivity index (χ3v) is 5.13. The highest BCUT2D eigenvalue weighted by Gasteiger charge is 2.31. The fourth-order valence-corrected chi connectivity index (χ4v) is 3.54. The van der Waals surface area contributed by atoms with Crippen molar-refractivity contribution < 1.29 is 9.18 Å². The van der Waals surface area contributed by atoms with Crippen LogP contribution in [0.2, 0.25) is 0 Å². The molecule has 0 aliphatic carbocycles. The average Bonchev–Trinajstić information content (AvgIpc) is 2.79. The minimum atomic E-state index is -0.537. The number of aromatic amines is 2. The van der Waals surface area contributed by atoms with Crippen LogP contribution in [0.15, 0.2) is 40.1 Å². The second-order valence-corrected chi connectivity index (χ2v) is 7.54. The Labute approximate surface area is 162 Å². The molecule has 1 aromatic heterocycles. The maximum Gasteiger partial charge on any atom is 0.325 e. The highest BCUT2D eigenvalue weighted by atomic mass is 19.1. The maximum atomic E-state index is 13.2. The Bertz CT molecular complexity index is 935. The first-order valence-corrected chi connectivity index (χ1v) is 9.40. The van der Waals surface area contributed by atoms with E-state index in [1.807, 2.05) is 4.90 Å². The Morgan fingerprint density at radius 1 is 1.14 bits per heavy atom. The zero-order chi connectivity index (χ0) is 20.3. The molecular formula is C20H25FN4O3. The number of nitrogens with zero attached hydrogens (tertiary/aromatic N) is 2. The van der Waals surface area contributed by atoms with E-state index >= 15 is 0 Å². The fraction of sp³-hybridized carbons (Fsp3) is 0.450. The van der Waals surface area contributed by atoms with E-state index in [2.05, 4.69) is 28.7 Å². The number of nitrogens with one attached hydrogen (secondary N) is 2. The quantitative estimate of drug-likeness (QED) is 0.812. The number of hydrogen-bond donors (Lipinski definition) is 2. The highest BCUT2D eigenvalue weighted by Crippen LogP contribution is 2.21. The van der Waals surface area contributed by atoms with Crippen molar-refractivity contribution in [3.05, 3.63) is 68.2 Å². The molecule has 7 nitrogen and oxygen atoms in total. The summed E-state index contributed by atoms with van der Waals surface area (Å²) in [6.45, 7) is 6.05. The molecule has 0 radical (unpaired) electrons. The van der Waals surface area contributed by atoms with Crippen molar-refractivity contribution in [2.45, 2.75) is 39.4 Å². The van der Waals surface area contributed by atoms with Crippen molar-refractivity contribution >= 4 is 5.91 Å². The number of rotatable bonds is 5. The van der Waals surface area contributed by atoms with Gasteiger partial charge in [-0.1, -0.05) is 26.0 Å². The van der Waals surface area contributed by atoms with Gasteiger partial charge in [0.2, 0.25) is 5.91 Å². The Morgan fingerprint density at radius 3 is 2.50 bits per heavy atom. The molecule has 0 unspecified atom stereocenters. The monoisotopic (exact) mass is 388 g/mol. The van der Waals surface area contributed by atoms with Crippen molar-refractivity contribution in [1.29, 1.82) is 0 Å². The molecule has 150 valence electrons. The Morgan fingerprint density at radius 2 is 1.86 bits per heavy atom. The van der Waals surface area contributed by atoms with E-state index < -0.39 is 11.2 Å². The minimum Gasteiger partial charge on any atom is -0.334 e. The standard InChI is InChI=1S/C20H25FN4O3/c1-13(2)17-12-24(11-15-9-22-20(28)23-19(15)27)8-7-18(26)25(17)10-14-3-5-16(21)6-4-14/h3-6,9,13,17H,7-8,10-12H2,1-2H3,(H2,22,23,27,28)/t17-/m0/s1. The van der Waals surface area contributed by atoms with Crippen molar-refractivity contribution in [2.24, 2.45) is 5.92 Å². The summed E-state index contributed by atoms with van der Waals surface area (Å²) in [7, 11) is 0. The molecule has 28 heavy (non-hydrogen) atoms. The van der Waals surface area contributed by atoms with Gasteiger partial charge in [-0.3, -0.25) is 19.5 Å². The largest absolute Gasteiger partial charge is 0.334 e. The van der Waals surface area contributed by atoms with Crippen LogP contribution in [-0.4, -0.2) is 44.8 Å². The predicted octanol–water partition coefficient (Wildman–Crippen LogP) is 1.46. The molecule has 1 amide bonds. The zero-order valence-corrected chi connectivity index (χ0v) is 16.1. The average molecular weight is 388 g/mol. The number of amides is 1. The summed E-state index contributed by atoms with van der Waals surface area (Å²) >= 11 is 0. The molecule has 1 atom stereocenters. The van der Waals surface area contributed by atoms with Gasteiger partial charge in [0.1, 0.15) is 5.82 Å². The highest BCUT2D eigenvalue weighted by molar-refractivity contribution is 5.77. The molecule has 2 aromatic rings. The first kappa shape index (κ1) is 20.0. The van der Waals surface area contributed by atoms with Crippen LogP contribution in [0.4, 0.5) is 4.39 Å². The summed E-state index contributed by atoms with van der Waals surface area (Å²) in [5.74, 6) is -0.0524. The Hall–Kier alpha value is -2.74. The van der Waals surface area contributed by atoms with Crippen LogP contribution in [0.5, 0.6) is 0 Å². The summed E-state index contributed by atoms with van der Waals surface area (Å²) in [4.78, 5) is 44.7. The molecule has 0 spiro atoms. The lowest BCUT2D eigenvalue weighted by Crippen LogP contribution is -2.46. The first-order valence-electron chi connectivity index (χ1n) is 9.40. The third kappa shape index (κ3) is 4.75. The van der Waals surface area contributed by atoms with Crippen LogP contribution in [-0.2, 0) is 17.9 Å². The summed E-state index contributed by atoms with van der Waals surface area (Å²) < 4.78 is 13.2. The summed E-state index contributed by atoms with van der Waals surface area (Å²) in [5, 5.41) is 0. The maximum absolute atomic E-state index is 13.2. The number of carbonyl (C=O) groups excluding carboxylic acids is 1. The Balaban J connectivity index is 1.80. The van der Waals surface area contributed by atoms with Gasteiger partial charge < -0.3 is 9.88 Å². The minimum absolute atomic E-state index is 0.0399. The van der Waals surface area contributed by atoms with E-state index in [1.54, 1.807) is 12.1 Å². The van der Waals surface area contributed by atoms with E-state index in [1.165, 1.54) is 18.3 Å². The normalized spacial score (nSPS) is 18.5. The van der Waals surface area contributed by atoms with Gasteiger partial charge in [0, 0.05) is 50.4 Å². The van der Waals surface area contributed by atoms with Crippen LogP contribution in [0, 0.1) is 11.7 Å². The van der Waals surface area contributed by atoms with E-state index in [9.17, 15) is 18.8 Å². The van der Waals surface area contributed by atoms with Crippen LogP contribution < -0.4 is 11.2 Å². The number of halogens is 1. The molecule has 0 saturated carbocycles. The number of hydrogen-bond acceptors (Lipinski definition) is 4. The SMILES string of the molecule is CC(C)[C@@H]1CN(Cc2c[nH]c(=O)[nH]c2=O)CCC(=O)N1Cc1ccc(F)cc1. The number of aromatic nitrogens is 2. The Kier molecular flexibility index (Phi) is 6.08. The second kappa shape index (κ2) is 8.52. The van der Waals surface area contributed by atoms with E-state index in [0.29, 0.717) is 38.2 Å². The van der Waals surface area contributed by atoms with E-state index in [-0.39, 0.29) is 23.7 Å². The van der Waals surface area contributed by atoms with Gasteiger partial charge in [0.25, 0.3) is 5.56 Å². The van der Waals surface area contributed by atoms with Crippen LogP contribution in [0.1, 0.15) is 31.4 Å². The molecule has 2 N–H and O–H groups in total. The molecule has 1 aromatic carbocycles. The van der Waals surface area contributed by atoms with Crippen LogP contribution >= 0.6 is 0 Å². The molecule has 1 saturated heterocycles. The number of carbonyl (C=O) groups is 1. The molecule has 3 rings (SSSR count).